The first-order valence-corrected chi connectivity index (χ1v) is 3.40. The SMILES string of the molecule is [O]=[Mo].[O]=[Zr].[O]=[Zr]. The van der Waals surface area contributed by atoms with Crippen LogP contribution in [-0.2, 0) is 78.2 Å². The zero-order valence-corrected chi connectivity index (χ0v) is 9.56. The topological polar surface area (TPSA) is 51.2 Å². The van der Waals surface area contributed by atoms with Gasteiger partial charge in [-0.2, -0.15) is 0 Å². The van der Waals surface area contributed by atoms with Gasteiger partial charge in [-0.3, -0.25) is 0 Å². The molecule has 0 unspecified atom stereocenters. The molecule has 0 rings (SSSR count). The average Bonchev–Trinajstić information content (AvgIpc) is 1.81. The molecule has 3 nitrogen and oxygen atoms in total. The maximum absolute atomic E-state index is 8.34. The fourth-order valence-corrected chi connectivity index (χ4v) is 0. The van der Waals surface area contributed by atoms with Crippen molar-refractivity contribution in [3.05, 3.63) is 0 Å². The third-order valence-electron chi connectivity index (χ3n) is 0. The van der Waals surface area contributed by atoms with E-state index in [0.29, 0.717) is 69.2 Å². The second-order valence-corrected chi connectivity index (χ2v) is 0. The van der Waals surface area contributed by atoms with Gasteiger partial charge in [0.15, 0.2) is 0 Å². The standard InChI is InChI=1S/Mo.3O.2Zr. The number of rotatable bonds is 0. The van der Waals surface area contributed by atoms with Crippen LogP contribution in [0.25, 0.3) is 0 Å². The van der Waals surface area contributed by atoms with Crippen molar-refractivity contribution in [1.82, 2.24) is 0 Å². The van der Waals surface area contributed by atoms with E-state index < -0.39 is 0 Å². The Morgan fingerprint density at radius 2 is 0.833 bits per heavy atom. The molecule has 0 radical (unpaired) electrons. The van der Waals surface area contributed by atoms with Gasteiger partial charge in [-0.25, -0.2) is 0 Å². The van der Waals surface area contributed by atoms with Crippen LogP contribution in [0.15, 0.2) is 0 Å². The molecule has 0 aliphatic carbocycles. The summed E-state index contributed by atoms with van der Waals surface area (Å²) in [6.07, 6.45) is 0. The van der Waals surface area contributed by atoms with Gasteiger partial charge in [0.25, 0.3) is 0 Å². The summed E-state index contributed by atoms with van der Waals surface area (Å²) in [6.45, 7) is 0. The Kier molecular flexibility index (Phi) is 178. The van der Waals surface area contributed by atoms with Gasteiger partial charge in [-0.1, -0.05) is 0 Å². The minimum absolute atomic E-state index is 0.300. The van der Waals surface area contributed by atoms with Crippen LogP contribution in [0, 0.1) is 0 Å². The van der Waals surface area contributed by atoms with Gasteiger partial charge in [0.05, 0.1) is 0 Å². The first-order valence-electron chi connectivity index (χ1n) is 0.575. The molecule has 0 aromatic rings. The molecule has 0 spiro atoms. The van der Waals surface area contributed by atoms with Crippen molar-refractivity contribution in [2.24, 2.45) is 0 Å². The minimum atomic E-state index is 0.300. The summed E-state index contributed by atoms with van der Waals surface area (Å²) in [5, 5.41) is 0. The summed E-state index contributed by atoms with van der Waals surface area (Å²) in [7, 11) is 0. The fraction of sp³-hybridized carbons (Fsp3) is 0. The summed E-state index contributed by atoms with van der Waals surface area (Å²) in [4.78, 5) is 0. The second-order valence-electron chi connectivity index (χ2n) is 0. The van der Waals surface area contributed by atoms with Crippen molar-refractivity contribution in [2.75, 3.05) is 0 Å². The van der Waals surface area contributed by atoms with E-state index in [1.165, 1.54) is 0 Å². The number of hydrogen-bond donors (Lipinski definition) is 0. The molecule has 6 heteroatoms. The van der Waals surface area contributed by atoms with Crippen LogP contribution in [0.5, 0.6) is 0 Å². The first-order chi connectivity index (χ1) is 3.00. The Bertz CT molecular complexity index is 13.5. The van der Waals surface area contributed by atoms with E-state index in [4.69, 9.17) is 9.02 Å². The predicted molar refractivity (Wildman–Crippen MR) is 2.06 cm³/mol. The average molecular weight is 326 g/mol. The molecule has 0 amide bonds. The molecule has 0 saturated heterocycles. The molecule has 0 atom stereocenters. The van der Waals surface area contributed by atoms with Crippen LogP contribution >= 0.6 is 0 Å². The van der Waals surface area contributed by atoms with Gasteiger partial charge in [0.2, 0.25) is 0 Å². The van der Waals surface area contributed by atoms with Crippen LogP contribution in [-0.4, -0.2) is 0 Å². The van der Waals surface area contributed by atoms with Gasteiger partial charge < -0.3 is 0 Å². The molecule has 0 aromatic carbocycles. The van der Waals surface area contributed by atoms with Crippen molar-refractivity contribution < 1.29 is 78.2 Å². The molecule has 0 aliphatic heterocycles. The zero-order valence-electron chi connectivity index (χ0n) is 2.63. The van der Waals surface area contributed by atoms with Crippen LogP contribution in [0.1, 0.15) is 0 Å². The molecule has 0 aromatic heterocycles. The molecule has 32 valence electrons. The summed E-state index contributed by atoms with van der Waals surface area (Å²) >= 11 is 1.30. The Morgan fingerprint density at radius 3 is 0.833 bits per heavy atom. The van der Waals surface area contributed by atoms with E-state index in [-0.39, 0.29) is 0 Å². The molecular formula is MoO3Zr2. The first kappa shape index (κ1) is 15.7. The van der Waals surface area contributed by atoms with Crippen molar-refractivity contribution in [1.29, 1.82) is 0 Å². The molecule has 0 saturated carbocycles. The van der Waals surface area contributed by atoms with Crippen molar-refractivity contribution in [3.8, 4) is 0 Å². The quantitative estimate of drug-likeness (QED) is 0.571. The summed E-state index contributed by atoms with van der Waals surface area (Å²) < 4.78 is 24.9. The Morgan fingerprint density at radius 1 is 0.833 bits per heavy atom. The zero-order chi connectivity index (χ0) is 6.00. The summed E-state index contributed by atoms with van der Waals surface area (Å²) in [5.41, 5.74) is 0. The normalized spacial score (nSPS) is 1.67. The van der Waals surface area contributed by atoms with Crippen molar-refractivity contribution >= 4 is 0 Å². The van der Waals surface area contributed by atoms with Crippen LogP contribution in [0.2, 0.25) is 0 Å². The molecule has 0 fully saturated rings. The molecule has 0 bridgehead atoms. The Hall–Kier alpha value is 1.85. The maximum atomic E-state index is 8.34. The third-order valence-corrected chi connectivity index (χ3v) is 0. The monoisotopic (exact) mass is 326 g/mol. The molecule has 0 heterocycles. The molecule has 0 N–H and O–H groups in total. The van der Waals surface area contributed by atoms with Gasteiger partial charge >= 0.3 is 78.2 Å². The molecule has 6 heavy (non-hydrogen) atoms. The molecule has 0 aliphatic rings. The third kappa shape index (κ3) is 40.1. The van der Waals surface area contributed by atoms with Gasteiger partial charge in [-0.15, -0.1) is 0 Å². The van der Waals surface area contributed by atoms with Crippen LogP contribution < -0.4 is 0 Å². The van der Waals surface area contributed by atoms with Gasteiger partial charge in [0.1, 0.15) is 0 Å². The van der Waals surface area contributed by atoms with E-state index in [1.54, 1.807) is 0 Å². The van der Waals surface area contributed by atoms with Crippen LogP contribution in [0.3, 0.4) is 0 Å². The van der Waals surface area contributed by atoms with E-state index in [1.807, 2.05) is 0 Å². The van der Waals surface area contributed by atoms with E-state index in [0.717, 1.165) is 0 Å². The predicted octanol–water partition coefficient (Wildman–Crippen LogP) is -0.364. The van der Waals surface area contributed by atoms with E-state index in [2.05, 4.69) is 0 Å². The second kappa shape index (κ2) is 68.3. The van der Waals surface area contributed by atoms with Crippen LogP contribution in [0.4, 0.5) is 0 Å². The van der Waals surface area contributed by atoms with E-state index in [9.17, 15) is 0 Å². The Labute approximate surface area is 77.0 Å². The van der Waals surface area contributed by atoms with Gasteiger partial charge in [-0.05, 0) is 0 Å². The summed E-state index contributed by atoms with van der Waals surface area (Å²) in [5.74, 6) is 0. The Balaban J connectivity index is -0.0000000225. The summed E-state index contributed by atoms with van der Waals surface area (Å²) in [6, 6.07) is 0. The fourth-order valence-electron chi connectivity index (χ4n) is 0. The van der Waals surface area contributed by atoms with Crippen molar-refractivity contribution in [3.63, 3.8) is 0 Å². The van der Waals surface area contributed by atoms with Crippen molar-refractivity contribution in [2.45, 2.75) is 0 Å². The number of hydrogen-bond acceptors (Lipinski definition) is 3. The van der Waals surface area contributed by atoms with E-state index >= 15 is 0 Å². The van der Waals surface area contributed by atoms with Gasteiger partial charge in [0, 0.05) is 0 Å². The molecular weight excluding hydrogens is 326 g/mol.